The number of hydrogen-bond donors (Lipinski definition) is 1. The summed E-state index contributed by atoms with van der Waals surface area (Å²) in [7, 11) is 4.09. The van der Waals surface area contributed by atoms with Gasteiger partial charge in [-0.1, -0.05) is 167 Å². The first-order valence-corrected chi connectivity index (χ1v) is 25.2. The molecule has 0 radical (unpaired) electrons. The Morgan fingerprint density at radius 3 is 1.53 bits per heavy atom. The van der Waals surface area contributed by atoms with Crippen molar-refractivity contribution in [3.8, 4) is 0 Å². The Labute approximate surface area is 361 Å². The van der Waals surface area contributed by atoms with Crippen molar-refractivity contribution < 1.29 is 19.1 Å². The number of esters is 1. The summed E-state index contributed by atoms with van der Waals surface area (Å²) in [6.45, 7) is 11.7. The Balaban J connectivity index is 4.46. The standard InChI is InChI=1S/C51H99N3O4/c1-6-9-12-15-18-19-20-21-22-23-24-25-26-27-32-37-45-54(47-48-57-51(56)52-43-39-44-53(4)5)46-38-33-28-31-36-42-50(55)58-49(40-34-29-16-13-10-7-2)41-35-30-17-14-11-8-3/h18-19,21-22,49H,6-17,20,23-48H2,1-5H3,(H,52,56)/b19-18-,22-21-. The van der Waals surface area contributed by atoms with Crippen molar-refractivity contribution in [2.24, 2.45) is 0 Å². The number of hydrogen-bond acceptors (Lipinski definition) is 6. The van der Waals surface area contributed by atoms with E-state index in [1.54, 1.807) is 0 Å². The second-order valence-electron chi connectivity index (χ2n) is 17.4. The third-order valence-electron chi connectivity index (χ3n) is 11.3. The minimum absolute atomic E-state index is 0.0168. The van der Waals surface area contributed by atoms with Gasteiger partial charge in [0, 0.05) is 19.5 Å². The summed E-state index contributed by atoms with van der Waals surface area (Å²) in [5, 5.41) is 2.89. The van der Waals surface area contributed by atoms with Gasteiger partial charge in [0.2, 0.25) is 0 Å². The van der Waals surface area contributed by atoms with Crippen LogP contribution in [0.1, 0.15) is 233 Å². The van der Waals surface area contributed by atoms with Gasteiger partial charge in [-0.3, -0.25) is 9.69 Å². The van der Waals surface area contributed by atoms with Crippen molar-refractivity contribution in [3.63, 3.8) is 0 Å². The highest BCUT2D eigenvalue weighted by Crippen LogP contribution is 2.18. The van der Waals surface area contributed by atoms with Crippen molar-refractivity contribution in [2.45, 2.75) is 239 Å². The molecule has 58 heavy (non-hydrogen) atoms. The lowest BCUT2D eigenvalue weighted by Gasteiger charge is -2.22. The van der Waals surface area contributed by atoms with Crippen LogP contribution in [0.4, 0.5) is 4.79 Å². The number of ether oxygens (including phenoxy) is 2. The molecule has 0 unspecified atom stereocenters. The second kappa shape index (κ2) is 46.2. The Bertz CT molecular complexity index is 907. The van der Waals surface area contributed by atoms with Crippen LogP contribution in [0, 0.1) is 0 Å². The van der Waals surface area contributed by atoms with Gasteiger partial charge in [-0.2, -0.15) is 0 Å². The maximum absolute atomic E-state index is 12.8. The summed E-state index contributed by atoms with van der Waals surface area (Å²) < 4.78 is 11.6. The van der Waals surface area contributed by atoms with Gasteiger partial charge in [0.05, 0.1) is 0 Å². The summed E-state index contributed by atoms with van der Waals surface area (Å²) in [6, 6.07) is 0. The van der Waals surface area contributed by atoms with Crippen molar-refractivity contribution in [3.05, 3.63) is 24.3 Å². The van der Waals surface area contributed by atoms with E-state index < -0.39 is 0 Å². The topological polar surface area (TPSA) is 71.1 Å². The van der Waals surface area contributed by atoms with E-state index in [0.717, 1.165) is 77.5 Å². The molecule has 0 bridgehead atoms. The van der Waals surface area contributed by atoms with Crippen LogP contribution in [-0.2, 0) is 14.3 Å². The van der Waals surface area contributed by atoms with Crippen LogP contribution >= 0.6 is 0 Å². The number of nitrogens with one attached hydrogen (secondary N) is 1. The maximum atomic E-state index is 12.8. The van der Waals surface area contributed by atoms with Crippen LogP contribution in [0.2, 0.25) is 0 Å². The average Bonchev–Trinajstić information content (AvgIpc) is 3.21. The number of nitrogens with zero attached hydrogens (tertiary/aromatic N) is 2. The predicted octanol–water partition coefficient (Wildman–Crippen LogP) is 14.5. The van der Waals surface area contributed by atoms with Crippen molar-refractivity contribution in [1.29, 1.82) is 0 Å². The number of allylic oxidation sites excluding steroid dienone is 4. The van der Waals surface area contributed by atoms with Crippen LogP contribution < -0.4 is 5.32 Å². The molecule has 342 valence electrons. The molecule has 0 aromatic rings. The molecule has 0 saturated heterocycles. The number of rotatable bonds is 45. The fourth-order valence-corrected chi connectivity index (χ4v) is 7.51. The van der Waals surface area contributed by atoms with E-state index in [1.165, 1.54) is 154 Å². The number of carbonyl (C=O) groups is 2. The normalized spacial score (nSPS) is 11.9. The lowest BCUT2D eigenvalue weighted by Crippen LogP contribution is -2.33. The van der Waals surface area contributed by atoms with Crippen molar-refractivity contribution >= 4 is 12.1 Å². The zero-order valence-electron chi connectivity index (χ0n) is 39.5. The molecule has 0 saturated carbocycles. The van der Waals surface area contributed by atoms with Gasteiger partial charge >= 0.3 is 12.1 Å². The molecule has 0 fully saturated rings. The first-order valence-electron chi connectivity index (χ1n) is 25.2. The molecule has 0 aliphatic carbocycles. The smallest absolute Gasteiger partial charge is 0.407 e. The molecule has 1 N–H and O–H groups in total. The third-order valence-corrected chi connectivity index (χ3v) is 11.3. The third kappa shape index (κ3) is 43.7. The van der Waals surface area contributed by atoms with E-state index in [2.05, 4.69) is 60.2 Å². The minimum atomic E-state index is -0.304. The molecule has 0 aromatic carbocycles. The van der Waals surface area contributed by atoms with E-state index in [4.69, 9.17) is 9.47 Å². The van der Waals surface area contributed by atoms with E-state index in [0.29, 0.717) is 19.6 Å². The lowest BCUT2D eigenvalue weighted by atomic mass is 10.0. The van der Waals surface area contributed by atoms with E-state index in [-0.39, 0.29) is 18.2 Å². The molecule has 0 spiro atoms. The zero-order valence-corrected chi connectivity index (χ0v) is 39.5. The van der Waals surface area contributed by atoms with Crippen LogP contribution in [0.25, 0.3) is 0 Å². The van der Waals surface area contributed by atoms with E-state index in [1.807, 2.05) is 14.1 Å². The van der Waals surface area contributed by atoms with Crippen LogP contribution in [-0.4, -0.2) is 81.4 Å². The maximum Gasteiger partial charge on any atom is 0.407 e. The van der Waals surface area contributed by atoms with Gasteiger partial charge in [-0.15, -0.1) is 0 Å². The van der Waals surface area contributed by atoms with Gasteiger partial charge in [-0.05, 0) is 117 Å². The van der Waals surface area contributed by atoms with Gasteiger partial charge in [-0.25, -0.2) is 4.79 Å². The largest absolute Gasteiger partial charge is 0.462 e. The lowest BCUT2D eigenvalue weighted by molar-refractivity contribution is -0.150. The van der Waals surface area contributed by atoms with Gasteiger partial charge in [0.1, 0.15) is 12.7 Å². The highest BCUT2D eigenvalue weighted by Gasteiger charge is 2.14. The van der Waals surface area contributed by atoms with Crippen LogP contribution in [0.5, 0.6) is 0 Å². The van der Waals surface area contributed by atoms with Crippen molar-refractivity contribution in [2.75, 3.05) is 53.4 Å². The Morgan fingerprint density at radius 1 is 0.517 bits per heavy atom. The Morgan fingerprint density at radius 2 is 0.983 bits per heavy atom. The van der Waals surface area contributed by atoms with E-state index >= 15 is 0 Å². The zero-order chi connectivity index (χ0) is 42.4. The average molecular weight is 818 g/mol. The first kappa shape index (κ1) is 56.1. The number of amides is 1. The fourth-order valence-electron chi connectivity index (χ4n) is 7.51. The molecule has 0 atom stereocenters. The molecule has 1 amide bonds. The number of unbranched alkanes of at least 4 members (excludes halogenated alkanes) is 23. The molecular weight excluding hydrogens is 719 g/mol. The quantitative estimate of drug-likeness (QED) is 0.0375. The fraction of sp³-hybridized carbons (Fsp3) is 0.882. The molecule has 7 heteroatoms. The predicted molar refractivity (Wildman–Crippen MR) is 252 cm³/mol. The molecule has 0 aliphatic heterocycles. The molecule has 0 aromatic heterocycles. The molecule has 7 nitrogen and oxygen atoms in total. The van der Waals surface area contributed by atoms with Gasteiger partial charge < -0.3 is 19.7 Å². The SMILES string of the molecule is CCCCC/C=C\C/C=C\CCCCCCCCN(CCCCCCCC(=O)OC(CCCCCCCC)CCCCCCCC)CCOC(=O)NCCCN(C)C. The summed E-state index contributed by atoms with van der Waals surface area (Å²) >= 11 is 0. The van der Waals surface area contributed by atoms with Crippen LogP contribution in [0.15, 0.2) is 24.3 Å². The molecule has 0 heterocycles. The Kier molecular flexibility index (Phi) is 44.7. The number of carbonyl (C=O) groups excluding carboxylic acids is 2. The summed E-state index contributed by atoms with van der Waals surface area (Å²) in [5.41, 5.74) is 0. The van der Waals surface area contributed by atoms with E-state index in [9.17, 15) is 9.59 Å². The van der Waals surface area contributed by atoms with Crippen LogP contribution in [0.3, 0.4) is 0 Å². The number of alkyl carbamates (subject to hydrolysis) is 1. The monoisotopic (exact) mass is 818 g/mol. The van der Waals surface area contributed by atoms with Crippen molar-refractivity contribution in [1.82, 2.24) is 15.1 Å². The highest BCUT2D eigenvalue weighted by atomic mass is 16.5. The molecule has 0 aliphatic rings. The first-order chi connectivity index (χ1) is 28.4. The van der Waals surface area contributed by atoms with Gasteiger partial charge in [0.15, 0.2) is 0 Å². The molecular formula is C51H99N3O4. The summed E-state index contributed by atoms with van der Waals surface area (Å²) in [6.07, 6.45) is 48.7. The summed E-state index contributed by atoms with van der Waals surface area (Å²) in [4.78, 5) is 29.7. The second-order valence-corrected chi connectivity index (χ2v) is 17.4. The summed E-state index contributed by atoms with van der Waals surface area (Å²) in [5.74, 6) is 0.0168. The minimum Gasteiger partial charge on any atom is -0.462 e. The van der Waals surface area contributed by atoms with Gasteiger partial charge in [0.25, 0.3) is 0 Å². The highest BCUT2D eigenvalue weighted by molar-refractivity contribution is 5.69. The Hall–Kier alpha value is -1.86. The molecule has 0 rings (SSSR count).